The molecule has 21 heavy (non-hydrogen) atoms. The van der Waals surface area contributed by atoms with Crippen molar-refractivity contribution in [1.82, 2.24) is 10.6 Å². The lowest BCUT2D eigenvalue weighted by Crippen LogP contribution is -2.50. The van der Waals surface area contributed by atoms with Gasteiger partial charge in [0.1, 0.15) is 15.9 Å². The number of carboxylic acids is 1. The summed E-state index contributed by atoms with van der Waals surface area (Å²) >= 11 is 0. The van der Waals surface area contributed by atoms with Gasteiger partial charge in [0.05, 0.1) is 5.75 Å². The maximum atomic E-state index is 11.9. The molecule has 1 fully saturated rings. The number of aliphatic carboxylic acids is 1. The summed E-state index contributed by atoms with van der Waals surface area (Å²) in [6.07, 6.45) is 2.80. The first-order chi connectivity index (χ1) is 9.60. The smallest absolute Gasteiger partial charge is 0.326 e. The van der Waals surface area contributed by atoms with Crippen molar-refractivity contribution in [1.29, 1.82) is 0 Å². The second kappa shape index (κ2) is 7.11. The first kappa shape index (κ1) is 17.7. The van der Waals surface area contributed by atoms with Gasteiger partial charge in [-0.2, -0.15) is 0 Å². The number of carboxylic acid groups (broad SMARTS) is 1. The van der Waals surface area contributed by atoms with Gasteiger partial charge in [-0.25, -0.2) is 18.0 Å². The maximum Gasteiger partial charge on any atom is 0.326 e. The topological polar surface area (TPSA) is 113 Å². The van der Waals surface area contributed by atoms with E-state index in [1.54, 1.807) is 0 Å². The quantitative estimate of drug-likeness (QED) is 0.663. The molecule has 1 rings (SSSR count). The normalized spacial score (nSPS) is 27.1. The Labute approximate surface area is 125 Å². The predicted molar refractivity (Wildman–Crippen MR) is 78.8 cm³/mol. The molecule has 3 N–H and O–H groups in total. The summed E-state index contributed by atoms with van der Waals surface area (Å²) < 4.78 is 22.2. The zero-order chi connectivity index (χ0) is 16.2. The standard InChI is InChI=1S/C13H24N2O5S/c1-8-4-5-10(9(8)2)14-13(18)15-11(12(16)17)6-7-21(3,19)20/h8-11H,4-7H2,1-3H3,(H,16,17)(H2,14,15,18). The highest BCUT2D eigenvalue weighted by atomic mass is 32.2. The van der Waals surface area contributed by atoms with Gasteiger partial charge in [-0.15, -0.1) is 0 Å². The molecule has 0 spiro atoms. The number of hydrogen-bond acceptors (Lipinski definition) is 4. The Morgan fingerprint density at radius 3 is 2.33 bits per heavy atom. The molecule has 1 aliphatic carbocycles. The van der Waals surface area contributed by atoms with Crippen LogP contribution in [0.25, 0.3) is 0 Å². The Balaban J connectivity index is 2.51. The Hall–Kier alpha value is -1.31. The molecule has 0 heterocycles. The third-order valence-corrected chi connectivity index (χ3v) is 5.14. The maximum absolute atomic E-state index is 11.9. The van der Waals surface area contributed by atoms with E-state index in [0.29, 0.717) is 11.8 Å². The van der Waals surface area contributed by atoms with E-state index in [2.05, 4.69) is 24.5 Å². The van der Waals surface area contributed by atoms with Gasteiger partial charge in [-0.3, -0.25) is 0 Å². The van der Waals surface area contributed by atoms with Gasteiger partial charge in [-0.1, -0.05) is 13.8 Å². The monoisotopic (exact) mass is 320 g/mol. The summed E-state index contributed by atoms with van der Waals surface area (Å²) in [5, 5.41) is 14.2. The fourth-order valence-corrected chi connectivity index (χ4v) is 3.19. The van der Waals surface area contributed by atoms with Crippen molar-refractivity contribution in [3.8, 4) is 0 Å². The largest absolute Gasteiger partial charge is 0.480 e. The van der Waals surface area contributed by atoms with Crippen LogP contribution in [-0.2, 0) is 14.6 Å². The van der Waals surface area contributed by atoms with E-state index in [-0.39, 0.29) is 18.2 Å². The van der Waals surface area contributed by atoms with E-state index in [1.807, 2.05) is 0 Å². The Kier molecular flexibility index (Phi) is 6.00. The number of urea groups is 1. The van der Waals surface area contributed by atoms with Gasteiger partial charge in [0.15, 0.2) is 0 Å². The van der Waals surface area contributed by atoms with E-state index in [4.69, 9.17) is 5.11 Å². The molecule has 0 radical (unpaired) electrons. The lowest BCUT2D eigenvalue weighted by atomic mass is 9.98. The number of hydrogen-bond donors (Lipinski definition) is 3. The molecule has 2 amide bonds. The van der Waals surface area contributed by atoms with Gasteiger partial charge in [0.2, 0.25) is 0 Å². The zero-order valence-corrected chi connectivity index (χ0v) is 13.4. The molecule has 7 nitrogen and oxygen atoms in total. The van der Waals surface area contributed by atoms with Crippen molar-refractivity contribution in [3.05, 3.63) is 0 Å². The molecule has 1 aliphatic rings. The molecule has 122 valence electrons. The predicted octanol–water partition coefficient (Wildman–Crippen LogP) is 0.608. The van der Waals surface area contributed by atoms with Crippen LogP contribution < -0.4 is 10.6 Å². The average molecular weight is 320 g/mol. The summed E-state index contributed by atoms with van der Waals surface area (Å²) in [5.41, 5.74) is 0. The van der Waals surface area contributed by atoms with Crippen LogP contribution in [0.2, 0.25) is 0 Å². The minimum absolute atomic E-state index is 0.0318. The van der Waals surface area contributed by atoms with Crippen LogP contribution in [-0.4, -0.2) is 49.6 Å². The van der Waals surface area contributed by atoms with E-state index in [0.717, 1.165) is 19.1 Å². The zero-order valence-electron chi connectivity index (χ0n) is 12.6. The van der Waals surface area contributed by atoms with Crippen LogP contribution in [0.3, 0.4) is 0 Å². The number of sulfone groups is 1. The van der Waals surface area contributed by atoms with Crippen LogP contribution in [0.15, 0.2) is 0 Å². The number of carbonyl (C=O) groups excluding carboxylic acids is 1. The van der Waals surface area contributed by atoms with Crippen molar-refractivity contribution >= 4 is 21.8 Å². The van der Waals surface area contributed by atoms with Gasteiger partial charge in [0.25, 0.3) is 0 Å². The fraction of sp³-hybridized carbons (Fsp3) is 0.846. The molecule has 0 aliphatic heterocycles. The average Bonchev–Trinajstić information content (AvgIpc) is 2.65. The third-order valence-electron chi connectivity index (χ3n) is 4.16. The second-order valence-corrected chi connectivity index (χ2v) is 8.21. The Morgan fingerprint density at radius 2 is 1.90 bits per heavy atom. The number of nitrogens with one attached hydrogen (secondary N) is 2. The first-order valence-corrected chi connectivity index (χ1v) is 9.13. The lowest BCUT2D eigenvalue weighted by Gasteiger charge is -2.21. The first-order valence-electron chi connectivity index (χ1n) is 7.07. The lowest BCUT2D eigenvalue weighted by molar-refractivity contribution is -0.139. The number of rotatable bonds is 6. The van der Waals surface area contributed by atoms with E-state index < -0.39 is 27.9 Å². The van der Waals surface area contributed by atoms with E-state index in [9.17, 15) is 18.0 Å². The highest BCUT2D eigenvalue weighted by Crippen LogP contribution is 2.30. The van der Waals surface area contributed by atoms with Gasteiger partial charge < -0.3 is 15.7 Å². The SMILES string of the molecule is CC1CCC(NC(=O)NC(CCS(C)(=O)=O)C(=O)O)C1C. The number of amides is 2. The van der Waals surface area contributed by atoms with Crippen LogP contribution in [0, 0.1) is 11.8 Å². The molecule has 0 aromatic rings. The molecule has 1 saturated carbocycles. The molecule has 0 bridgehead atoms. The summed E-state index contributed by atoms with van der Waals surface area (Å²) in [6.45, 7) is 4.18. The summed E-state index contributed by atoms with van der Waals surface area (Å²) in [6, 6.07) is -1.72. The molecule has 0 aromatic heterocycles. The molecule has 8 heteroatoms. The third kappa shape index (κ3) is 5.91. The second-order valence-electron chi connectivity index (χ2n) is 5.95. The van der Waals surface area contributed by atoms with Crippen molar-refractivity contribution < 1.29 is 23.1 Å². The Bertz CT molecular complexity index is 491. The minimum atomic E-state index is -3.26. The van der Waals surface area contributed by atoms with Crippen LogP contribution in [0.5, 0.6) is 0 Å². The van der Waals surface area contributed by atoms with Crippen LogP contribution in [0.1, 0.15) is 33.1 Å². The molecule has 4 atom stereocenters. The van der Waals surface area contributed by atoms with E-state index in [1.165, 1.54) is 0 Å². The molecular weight excluding hydrogens is 296 g/mol. The van der Waals surface area contributed by atoms with Gasteiger partial charge in [0, 0.05) is 12.3 Å². The molecule has 0 saturated heterocycles. The highest BCUT2D eigenvalue weighted by Gasteiger charge is 2.31. The summed E-state index contributed by atoms with van der Waals surface area (Å²) in [4.78, 5) is 22.9. The summed E-state index contributed by atoms with van der Waals surface area (Å²) in [7, 11) is -3.26. The van der Waals surface area contributed by atoms with Gasteiger partial charge in [-0.05, 0) is 31.1 Å². The molecule has 4 unspecified atom stereocenters. The van der Waals surface area contributed by atoms with E-state index >= 15 is 0 Å². The van der Waals surface area contributed by atoms with Crippen molar-refractivity contribution in [2.45, 2.75) is 45.2 Å². The minimum Gasteiger partial charge on any atom is -0.480 e. The Morgan fingerprint density at radius 1 is 1.29 bits per heavy atom. The van der Waals surface area contributed by atoms with Gasteiger partial charge >= 0.3 is 12.0 Å². The van der Waals surface area contributed by atoms with Crippen LogP contribution in [0.4, 0.5) is 4.79 Å². The van der Waals surface area contributed by atoms with Crippen molar-refractivity contribution in [2.75, 3.05) is 12.0 Å². The van der Waals surface area contributed by atoms with Crippen molar-refractivity contribution in [3.63, 3.8) is 0 Å². The van der Waals surface area contributed by atoms with Crippen molar-refractivity contribution in [2.24, 2.45) is 11.8 Å². The highest BCUT2D eigenvalue weighted by molar-refractivity contribution is 7.90. The fourth-order valence-electron chi connectivity index (χ4n) is 2.53. The van der Waals surface area contributed by atoms with Crippen LogP contribution >= 0.6 is 0 Å². The molecular formula is C13H24N2O5S. The summed E-state index contributed by atoms with van der Waals surface area (Å²) in [5.74, 6) is -0.645. The molecule has 0 aromatic carbocycles. The number of carbonyl (C=O) groups is 2.